The van der Waals surface area contributed by atoms with Crippen molar-refractivity contribution in [1.29, 1.82) is 0 Å². The van der Waals surface area contributed by atoms with Crippen LogP contribution in [0.4, 0.5) is 0 Å². The summed E-state index contributed by atoms with van der Waals surface area (Å²) in [4.78, 5) is 26.2. The molecule has 2 saturated heterocycles. The van der Waals surface area contributed by atoms with E-state index in [1.165, 1.54) is 7.11 Å². The average Bonchev–Trinajstić information content (AvgIpc) is 2.55. The van der Waals surface area contributed by atoms with Crippen LogP contribution in [0.2, 0.25) is 0 Å². The minimum atomic E-state index is -0.523. The van der Waals surface area contributed by atoms with Crippen LogP contribution >= 0.6 is 0 Å². The second-order valence-corrected chi connectivity index (χ2v) is 5.51. The zero-order valence-corrected chi connectivity index (χ0v) is 12.0. The van der Waals surface area contributed by atoms with Crippen LogP contribution in [0, 0.1) is 5.92 Å². The highest BCUT2D eigenvalue weighted by Gasteiger charge is 2.48. The number of benzene rings is 1. The zero-order valence-electron chi connectivity index (χ0n) is 12.0. The Bertz CT molecular complexity index is 530. The van der Waals surface area contributed by atoms with Gasteiger partial charge in [-0.3, -0.25) is 14.5 Å². The second-order valence-electron chi connectivity index (χ2n) is 5.51. The van der Waals surface area contributed by atoms with E-state index in [-0.39, 0.29) is 18.0 Å². The van der Waals surface area contributed by atoms with Gasteiger partial charge >= 0.3 is 11.9 Å². The molecule has 0 unspecified atom stereocenters. The molecule has 2 aliphatic rings. The summed E-state index contributed by atoms with van der Waals surface area (Å²) in [6.45, 7) is 1.14. The molecular weight excluding hydrogens is 270 g/mol. The van der Waals surface area contributed by atoms with Gasteiger partial charge in [0.1, 0.15) is 12.6 Å². The maximum Gasteiger partial charge on any atom is 0.324 e. The van der Waals surface area contributed by atoms with Crippen LogP contribution in [-0.4, -0.2) is 43.1 Å². The third-order valence-corrected chi connectivity index (χ3v) is 4.38. The van der Waals surface area contributed by atoms with E-state index in [4.69, 9.17) is 9.47 Å². The molecule has 21 heavy (non-hydrogen) atoms. The third kappa shape index (κ3) is 2.53. The Kier molecular flexibility index (Phi) is 3.92. The molecule has 0 aliphatic carbocycles. The fourth-order valence-corrected chi connectivity index (χ4v) is 3.37. The van der Waals surface area contributed by atoms with E-state index in [9.17, 15) is 9.59 Å². The normalized spacial score (nSPS) is 29.4. The highest BCUT2D eigenvalue weighted by molar-refractivity contribution is 5.85. The Morgan fingerprint density at radius 1 is 1.33 bits per heavy atom. The van der Waals surface area contributed by atoms with E-state index < -0.39 is 12.0 Å². The minimum Gasteiger partial charge on any atom is -0.469 e. The average molecular weight is 289 g/mol. The summed E-state index contributed by atoms with van der Waals surface area (Å²) < 4.78 is 10.2. The van der Waals surface area contributed by atoms with E-state index in [0.29, 0.717) is 13.0 Å². The lowest BCUT2D eigenvalue weighted by Crippen LogP contribution is -2.58. The van der Waals surface area contributed by atoms with Crippen LogP contribution in [0.5, 0.6) is 0 Å². The standard InChI is InChI=1S/C16H19NO4/c1-20-15(18)12-8-5-9-17-13(10-21-16(19)14(12)17)11-6-3-2-4-7-11/h2-4,6-7,12-14H,5,8-10H2,1H3/t12-,13+,14-/m0/s1. The Balaban J connectivity index is 1.90. The predicted octanol–water partition coefficient (Wildman–Crippen LogP) is 1.54. The number of piperidine rings is 1. The van der Waals surface area contributed by atoms with Gasteiger partial charge in [-0.15, -0.1) is 0 Å². The van der Waals surface area contributed by atoms with Gasteiger partial charge in [-0.05, 0) is 24.9 Å². The molecule has 2 heterocycles. The SMILES string of the molecule is COC(=O)[C@H]1CCCN2[C@@H](c3ccccc3)COC(=O)[C@H]12. The van der Waals surface area contributed by atoms with Gasteiger partial charge in [-0.25, -0.2) is 0 Å². The zero-order chi connectivity index (χ0) is 14.8. The topological polar surface area (TPSA) is 55.8 Å². The van der Waals surface area contributed by atoms with Gasteiger partial charge in [0, 0.05) is 0 Å². The van der Waals surface area contributed by atoms with Crippen molar-refractivity contribution in [2.24, 2.45) is 5.92 Å². The molecule has 0 bridgehead atoms. The monoisotopic (exact) mass is 289 g/mol. The van der Waals surface area contributed by atoms with E-state index in [1.807, 2.05) is 30.3 Å². The molecule has 2 aliphatic heterocycles. The number of ether oxygens (including phenoxy) is 2. The molecule has 0 amide bonds. The number of methoxy groups -OCH3 is 1. The smallest absolute Gasteiger partial charge is 0.324 e. The minimum absolute atomic E-state index is 0.0151. The Morgan fingerprint density at radius 2 is 2.10 bits per heavy atom. The summed E-state index contributed by atoms with van der Waals surface area (Å²) in [5.74, 6) is -1.06. The number of carbonyl (C=O) groups excluding carboxylic acids is 2. The first-order valence-corrected chi connectivity index (χ1v) is 7.27. The van der Waals surface area contributed by atoms with E-state index >= 15 is 0 Å². The van der Waals surface area contributed by atoms with Crippen molar-refractivity contribution in [1.82, 2.24) is 4.90 Å². The maximum absolute atomic E-state index is 12.2. The second kappa shape index (κ2) is 5.85. The van der Waals surface area contributed by atoms with E-state index in [1.54, 1.807) is 0 Å². The molecule has 2 fully saturated rings. The number of nitrogens with zero attached hydrogens (tertiary/aromatic N) is 1. The number of hydrogen-bond donors (Lipinski definition) is 0. The molecule has 0 saturated carbocycles. The summed E-state index contributed by atoms with van der Waals surface area (Å²) in [6, 6.07) is 9.46. The fourth-order valence-electron chi connectivity index (χ4n) is 3.37. The lowest BCUT2D eigenvalue weighted by Gasteiger charge is -2.46. The summed E-state index contributed by atoms with van der Waals surface area (Å²) in [6.07, 6.45) is 1.55. The van der Waals surface area contributed by atoms with Crippen molar-refractivity contribution >= 4 is 11.9 Å². The number of fused-ring (bicyclic) bond motifs is 1. The molecule has 5 nitrogen and oxygen atoms in total. The summed E-state index contributed by atoms with van der Waals surface area (Å²) in [5.41, 5.74) is 1.11. The molecule has 1 aromatic rings. The van der Waals surface area contributed by atoms with Gasteiger partial charge in [-0.1, -0.05) is 30.3 Å². The molecular formula is C16H19NO4. The molecule has 5 heteroatoms. The van der Waals surface area contributed by atoms with Gasteiger partial charge in [0.15, 0.2) is 0 Å². The van der Waals surface area contributed by atoms with Crippen molar-refractivity contribution in [3.63, 3.8) is 0 Å². The number of hydrogen-bond acceptors (Lipinski definition) is 5. The number of cyclic esters (lactones) is 1. The predicted molar refractivity (Wildman–Crippen MR) is 75.4 cm³/mol. The molecule has 0 aromatic heterocycles. The van der Waals surface area contributed by atoms with Gasteiger partial charge in [0.2, 0.25) is 0 Å². The highest BCUT2D eigenvalue weighted by atomic mass is 16.5. The van der Waals surface area contributed by atoms with E-state index in [2.05, 4.69) is 4.90 Å². The highest BCUT2D eigenvalue weighted by Crippen LogP contribution is 2.36. The van der Waals surface area contributed by atoms with Crippen molar-refractivity contribution in [3.05, 3.63) is 35.9 Å². The fraction of sp³-hybridized carbons (Fsp3) is 0.500. The number of esters is 2. The van der Waals surface area contributed by atoms with Gasteiger partial charge in [0.25, 0.3) is 0 Å². The third-order valence-electron chi connectivity index (χ3n) is 4.38. The summed E-state index contributed by atoms with van der Waals surface area (Å²) in [7, 11) is 1.37. The van der Waals surface area contributed by atoms with Crippen molar-refractivity contribution in [2.45, 2.75) is 24.9 Å². The van der Waals surface area contributed by atoms with Crippen molar-refractivity contribution in [2.75, 3.05) is 20.3 Å². The van der Waals surface area contributed by atoms with Crippen LogP contribution in [0.15, 0.2) is 30.3 Å². The van der Waals surface area contributed by atoms with Crippen LogP contribution in [-0.2, 0) is 19.1 Å². The first-order chi connectivity index (χ1) is 10.2. The first-order valence-electron chi connectivity index (χ1n) is 7.27. The maximum atomic E-state index is 12.2. The van der Waals surface area contributed by atoms with Gasteiger partial charge in [-0.2, -0.15) is 0 Å². The number of carbonyl (C=O) groups is 2. The molecule has 0 N–H and O–H groups in total. The summed E-state index contributed by atoms with van der Waals surface area (Å²) >= 11 is 0. The summed E-state index contributed by atoms with van der Waals surface area (Å²) in [5, 5.41) is 0. The molecule has 0 radical (unpaired) electrons. The van der Waals surface area contributed by atoms with Crippen molar-refractivity contribution < 1.29 is 19.1 Å². The van der Waals surface area contributed by atoms with Crippen LogP contribution in [0.25, 0.3) is 0 Å². The lowest BCUT2D eigenvalue weighted by molar-refractivity contribution is -0.176. The quantitative estimate of drug-likeness (QED) is 0.773. The Hall–Kier alpha value is -1.88. The number of rotatable bonds is 2. The van der Waals surface area contributed by atoms with Gasteiger partial charge in [0.05, 0.1) is 19.1 Å². The van der Waals surface area contributed by atoms with Crippen LogP contribution in [0.3, 0.4) is 0 Å². The molecule has 112 valence electrons. The Labute approximate surface area is 123 Å². The van der Waals surface area contributed by atoms with Gasteiger partial charge < -0.3 is 9.47 Å². The van der Waals surface area contributed by atoms with E-state index in [0.717, 1.165) is 18.5 Å². The molecule has 3 atom stereocenters. The first kappa shape index (κ1) is 14.1. The Morgan fingerprint density at radius 3 is 2.81 bits per heavy atom. The van der Waals surface area contributed by atoms with Crippen LogP contribution < -0.4 is 0 Å². The molecule has 1 aromatic carbocycles. The molecule has 3 rings (SSSR count). The van der Waals surface area contributed by atoms with Crippen molar-refractivity contribution in [3.8, 4) is 0 Å². The number of morpholine rings is 1. The molecule has 0 spiro atoms. The largest absolute Gasteiger partial charge is 0.469 e. The lowest BCUT2D eigenvalue weighted by atomic mass is 9.86. The van der Waals surface area contributed by atoms with Crippen LogP contribution in [0.1, 0.15) is 24.4 Å².